The second kappa shape index (κ2) is 7.25. The van der Waals surface area contributed by atoms with Crippen LogP contribution in [0.25, 0.3) is 0 Å². The number of carboxylic acid groups (broad SMARTS) is 1. The van der Waals surface area contributed by atoms with Crippen LogP contribution in [0.1, 0.15) is 64.2 Å². The Morgan fingerprint density at radius 1 is 1.10 bits per heavy atom. The fraction of sp³-hybridized carbons (Fsp3) is 0.875. The van der Waals surface area contributed by atoms with Crippen molar-refractivity contribution in [3.05, 3.63) is 0 Å². The lowest BCUT2D eigenvalue weighted by Gasteiger charge is -2.37. The zero-order chi connectivity index (χ0) is 15.3. The lowest BCUT2D eigenvalue weighted by molar-refractivity contribution is -0.142. The van der Waals surface area contributed by atoms with Crippen molar-refractivity contribution in [1.82, 2.24) is 10.6 Å². The van der Waals surface area contributed by atoms with E-state index >= 15 is 0 Å². The largest absolute Gasteiger partial charge is 0.481 e. The van der Waals surface area contributed by atoms with E-state index in [0.29, 0.717) is 19.3 Å². The third kappa shape index (κ3) is 4.43. The van der Waals surface area contributed by atoms with Crippen LogP contribution in [0, 0.1) is 5.92 Å². The van der Waals surface area contributed by atoms with Crippen molar-refractivity contribution in [1.29, 1.82) is 0 Å². The summed E-state index contributed by atoms with van der Waals surface area (Å²) in [6.07, 6.45) is 9.27. The normalized spacial score (nSPS) is 28.8. The minimum Gasteiger partial charge on any atom is -0.481 e. The molecule has 120 valence electrons. The van der Waals surface area contributed by atoms with Crippen molar-refractivity contribution in [2.45, 2.75) is 75.8 Å². The van der Waals surface area contributed by atoms with Gasteiger partial charge in [-0.25, -0.2) is 0 Å². The molecular formula is C16H28N2O3. The maximum absolute atomic E-state index is 12.3. The summed E-state index contributed by atoms with van der Waals surface area (Å²) in [5.74, 6) is -0.804. The second-order valence-electron chi connectivity index (χ2n) is 6.72. The van der Waals surface area contributed by atoms with Crippen LogP contribution in [-0.2, 0) is 9.59 Å². The van der Waals surface area contributed by atoms with E-state index in [4.69, 9.17) is 5.11 Å². The van der Waals surface area contributed by atoms with E-state index < -0.39 is 5.97 Å². The lowest BCUT2D eigenvalue weighted by Crippen LogP contribution is -2.50. The standard InChI is InChI=1S/C16H28N2O3/c1-17-16(9-3-2-4-10-16)11-14(19)18-13-7-5-12(6-8-13)15(20)21/h12-13,17H,2-11H2,1H3,(H,18,19)(H,20,21). The highest BCUT2D eigenvalue weighted by atomic mass is 16.4. The molecule has 2 saturated carbocycles. The summed E-state index contributed by atoms with van der Waals surface area (Å²) in [5, 5.41) is 15.5. The van der Waals surface area contributed by atoms with Gasteiger partial charge < -0.3 is 15.7 Å². The molecule has 0 aliphatic heterocycles. The number of hydrogen-bond acceptors (Lipinski definition) is 3. The Labute approximate surface area is 126 Å². The third-order valence-corrected chi connectivity index (χ3v) is 5.28. The Bertz CT molecular complexity index is 370. The smallest absolute Gasteiger partial charge is 0.306 e. The summed E-state index contributed by atoms with van der Waals surface area (Å²) in [7, 11) is 1.96. The van der Waals surface area contributed by atoms with Crippen LogP contribution >= 0.6 is 0 Å². The molecule has 0 bridgehead atoms. The van der Waals surface area contributed by atoms with E-state index in [1.54, 1.807) is 0 Å². The number of carbonyl (C=O) groups is 2. The Balaban J connectivity index is 1.78. The average Bonchev–Trinajstić information content (AvgIpc) is 2.48. The maximum Gasteiger partial charge on any atom is 0.306 e. The van der Waals surface area contributed by atoms with Gasteiger partial charge in [0.05, 0.1) is 5.92 Å². The second-order valence-corrected chi connectivity index (χ2v) is 6.72. The summed E-state index contributed by atoms with van der Waals surface area (Å²) < 4.78 is 0. The van der Waals surface area contributed by atoms with Gasteiger partial charge in [-0.3, -0.25) is 9.59 Å². The minimum absolute atomic E-state index is 0.0272. The van der Waals surface area contributed by atoms with Gasteiger partial charge in [0.2, 0.25) is 5.91 Å². The van der Waals surface area contributed by atoms with E-state index in [1.165, 1.54) is 19.3 Å². The molecule has 2 aliphatic rings. The highest BCUT2D eigenvalue weighted by molar-refractivity contribution is 5.77. The maximum atomic E-state index is 12.3. The first-order valence-electron chi connectivity index (χ1n) is 8.26. The average molecular weight is 296 g/mol. The zero-order valence-corrected chi connectivity index (χ0v) is 13.0. The molecule has 0 radical (unpaired) electrons. The summed E-state index contributed by atoms with van der Waals surface area (Å²) in [6.45, 7) is 0. The summed E-state index contributed by atoms with van der Waals surface area (Å²) in [6, 6.07) is 0.158. The zero-order valence-electron chi connectivity index (χ0n) is 13.0. The fourth-order valence-corrected chi connectivity index (χ4v) is 3.81. The van der Waals surface area contributed by atoms with Crippen molar-refractivity contribution < 1.29 is 14.7 Å². The van der Waals surface area contributed by atoms with Gasteiger partial charge in [-0.2, -0.15) is 0 Å². The molecule has 0 aromatic rings. The number of rotatable bonds is 5. The molecule has 0 atom stereocenters. The van der Waals surface area contributed by atoms with Crippen molar-refractivity contribution in [2.75, 3.05) is 7.05 Å². The predicted molar refractivity (Wildman–Crippen MR) is 81.0 cm³/mol. The van der Waals surface area contributed by atoms with Crippen LogP contribution in [0.3, 0.4) is 0 Å². The first-order chi connectivity index (χ1) is 10.0. The van der Waals surface area contributed by atoms with Crippen molar-refractivity contribution in [2.24, 2.45) is 5.92 Å². The highest BCUT2D eigenvalue weighted by Crippen LogP contribution is 2.31. The van der Waals surface area contributed by atoms with Gasteiger partial charge in [0.1, 0.15) is 0 Å². The molecule has 1 amide bonds. The van der Waals surface area contributed by atoms with Crippen molar-refractivity contribution in [3.8, 4) is 0 Å². The number of amides is 1. The lowest BCUT2D eigenvalue weighted by atomic mass is 9.79. The summed E-state index contributed by atoms with van der Waals surface area (Å²) in [5.41, 5.74) is -0.0272. The van der Waals surface area contributed by atoms with Crippen LogP contribution in [0.4, 0.5) is 0 Å². The van der Waals surface area contributed by atoms with Gasteiger partial charge in [0.15, 0.2) is 0 Å². The molecular weight excluding hydrogens is 268 g/mol. The number of hydrogen-bond donors (Lipinski definition) is 3. The Morgan fingerprint density at radius 3 is 2.24 bits per heavy atom. The minimum atomic E-state index is -0.698. The van der Waals surface area contributed by atoms with Gasteiger partial charge in [-0.05, 0) is 45.6 Å². The molecule has 5 nitrogen and oxygen atoms in total. The first kappa shape index (κ1) is 16.3. The Morgan fingerprint density at radius 2 is 1.71 bits per heavy atom. The van der Waals surface area contributed by atoms with Gasteiger partial charge in [0.25, 0.3) is 0 Å². The van der Waals surface area contributed by atoms with E-state index in [9.17, 15) is 9.59 Å². The van der Waals surface area contributed by atoms with Crippen molar-refractivity contribution in [3.63, 3.8) is 0 Å². The molecule has 0 saturated heterocycles. The van der Waals surface area contributed by atoms with Crippen LogP contribution in [0.15, 0.2) is 0 Å². The SMILES string of the molecule is CNC1(CC(=O)NC2CCC(C(=O)O)CC2)CCCCC1. The van der Waals surface area contributed by atoms with E-state index in [2.05, 4.69) is 10.6 Å². The number of carbonyl (C=O) groups excluding carboxylic acids is 1. The molecule has 2 fully saturated rings. The van der Waals surface area contributed by atoms with Gasteiger partial charge >= 0.3 is 5.97 Å². The van der Waals surface area contributed by atoms with Crippen LogP contribution < -0.4 is 10.6 Å². The summed E-state index contributed by atoms with van der Waals surface area (Å²) >= 11 is 0. The first-order valence-corrected chi connectivity index (χ1v) is 8.26. The molecule has 21 heavy (non-hydrogen) atoms. The fourth-order valence-electron chi connectivity index (χ4n) is 3.81. The molecule has 2 aliphatic carbocycles. The topological polar surface area (TPSA) is 78.4 Å². The number of nitrogens with one attached hydrogen (secondary N) is 2. The molecule has 0 unspecified atom stereocenters. The van der Waals surface area contributed by atoms with Gasteiger partial charge in [-0.1, -0.05) is 19.3 Å². The monoisotopic (exact) mass is 296 g/mol. The van der Waals surface area contributed by atoms with Gasteiger partial charge in [-0.15, -0.1) is 0 Å². The van der Waals surface area contributed by atoms with Gasteiger partial charge in [0, 0.05) is 18.0 Å². The van der Waals surface area contributed by atoms with E-state index in [1.807, 2.05) is 7.05 Å². The number of aliphatic carboxylic acids is 1. The van der Waals surface area contributed by atoms with Crippen LogP contribution in [-0.4, -0.2) is 35.6 Å². The molecule has 3 N–H and O–H groups in total. The van der Waals surface area contributed by atoms with E-state index in [-0.39, 0.29) is 23.4 Å². The third-order valence-electron chi connectivity index (χ3n) is 5.28. The van der Waals surface area contributed by atoms with Crippen LogP contribution in [0.2, 0.25) is 0 Å². The van der Waals surface area contributed by atoms with Crippen molar-refractivity contribution >= 4 is 11.9 Å². The predicted octanol–water partition coefficient (Wildman–Crippen LogP) is 2.06. The molecule has 5 heteroatoms. The highest BCUT2D eigenvalue weighted by Gasteiger charge is 2.34. The molecule has 2 rings (SSSR count). The Hall–Kier alpha value is -1.10. The van der Waals surface area contributed by atoms with E-state index in [0.717, 1.165) is 25.7 Å². The molecule has 0 spiro atoms. The molecule has 0 aromatic carbocycles. The molecule has 0 heterocycles. The molecule has 0 aromatic heterocycles. The Kier molecular flexibility index (Phi) is 5.62. The quantitative estimate of drug-likeness (QED) is 0.725. The van der Waals surface area contributed by atoms with Crippen LogP contribution in [0.5, 0.6) is 0 Å². The number of carboxylic acids is 1. The summed E-state index contributed by atoms with van der Waals surface area (Å²) in [4.78, 5) is 23.2.